The number of halogens is 2. The van der Waals surface area contributed by atoms with Crippen molar-refractivity contribution in [1.82, 2.24) is 0 Å². The maximum absolute atomic E-state index is 13.8. The van der Waals surface area contributed by atoms with Gasteiger partial charge in [0.2, 0.25) is 0 Å². The molecule has 2 saturated carbocycles. The Morgan fingerprint density at radius 2 is 1.50 bits per heavy atom. The van der Waals surface area contributed by atoms with Gasteiger partial charge in [0, 0.05) is 0 Å². The Morgan fingerprint density at radius 3 is 2.05 bits per heavy atom. The van der Waals surface area contributed by atoms with Gasteiger partial charge in [0.05, 0.1) is 7.11 Å². The zero-order chi connectivity index (χ0) is 15.5. The van der Waals surface area contributed by atoms with Crippen molar-refractivity contribution in [3.05, 3.63) is 29.6 Å². The van der Waals surface area contributed by atoms with E-state index in [0.717, 1.165) is 55.9 Å². The molecule has 0 saturated heterocycles. The van der Waals surface area contributed by atoms with Crippen molar-refractivity contribution in [3.8, 4) is 5.75 Å². The molecule has 0 radical (unpaired) electrons. The van der Waals surface area contributed by atoms with Crippen LogP contribution in [0, 0.1) is 17.7 Å². The van der Waals surface area contributed by atoms with Crippen molar-refractivity contribution in [1.29, 1.82) is 0 Å². The molecular formula is C19H26F2O. The predicted octanol–water partition coefficient (Wildman–Crippen LogP) is 5.64. The topological polar surface area (TPSA) is 9.23 Å². The van der Waals surface area contributed by atoms with Crippen LogP contribution in [0.4, 0.5) is 8.78 Å². The lowest BCUT2D eigenvalue weighted by Gasteiger charge is -2.36. The van der Waals surface area contributed by atoms with Gasteiger partial charge in [-0.3, -0.25) is 0 Å². The van der Waals surface area contributed by atoms with Crippen molar-refractivity contribution < 1.29 is 13.5 Å². The van der Waals surface area contributed by atoms with Crippen LogP contribution < -0.4 is 4.74 Å². The molecule has 1 nitrogen and oxygen atoms in total. The van der Waals surface area contributed by atoms with Gasteiger partial charge < -0.3 is 4.74 Å². The summed E-state index contributed by atoms with van der Waals surface area (Å²) in [5.74, 6) is 2.00. The van der Waals surface area contributed by atoms with Gasteiger partial charge in [0.1, 0.15) is 6.17 Å². The summed E-state index contributed by atoms with van der Waals surface area (Å²) < 4.78 is 32.1. The summed E-state index contributed by atoms with van der Waals surface area (Å²) in [6.45, 7) is 0. The molecule has 2 aliphatic carbocycles. The Morgan fingerprint density at radius 1 is 0.909 bits per heavy atom. The fourth-order valence-corrected chi connectivity index (χ4v) is 4.41. The summed E-state index contributed by atoms with van der Waals surface area (Å²) in [6.07, 6.45) is 7.76. The molecule has 0 aromatic heterocycles. The van der Waals surface area contributed by atoms with Crippen LogP contribution >= 0.6 is 0 Å². The highest BCUT2D eigenvalue weighted by Crippen LogP contribution is 2.43. The van der Waals surface area contributed by atoms with E-state index in [9.17, 15) is 8.78 Å². The predicted molar refractivity (Wildman–Crippen MR) is 84.5 cm³/mol. The van der Waals surface area contributed by atoms with Crippen LogP contribution in [0.5, 0.6) is 5.75 Å². The van der Waals surface area contributed by atoms with Crippen molar-refractivity contribution in [2.75, 3.05) is 7.11 Å². The Labute approximate surface area is 132 Å². The third-order valence-electron chi connectivity index (χ3n) is 5.79. The average molecular weight is 308 g/mol. The van der Waals surface area contributed by atoms with Gasteiger partial charge in [-0.25, -0.2) is 8.78 Å². The fraction of sp³-hybridized carbons (Fsp3) is 0.684. The summed E-state index contributed by atoms with van der Waals surface area (Å²) in [7, 11) is 1.50. The maximum atomic E-state index is 13.8. The SMILES string of the molecule is COc1ccc(C2CCC(C3CCC(F)CC3)CC2)cc1F. The Bertz CT molecular complexity index is 486. The third-order valence-corrected chi connectivity index (χ3v) is 5.79. The fourth-order valence-electron chi connectivity index (χ4n) is 4.41. The average Bonchev–Trinajstić information content (AvgIpc) is 2.56. The summed E-state index contributed by atoms with van der Waals surface area (Å²) >= 11 is 0. The molecule has 3 heteroatoms. The van der Waals surface area contributed by atoms with Crippen LogP contribution in [0.1, 0.15) is 62.8 Å². The second-order valence-electron chi connectivity index (χ2n) is 7.02. The monoisotopic (exact) mass is 308 g/mol. The Hall–Kier alpha value is -1.12. The molecule has 22 heavy (non-hydrogen) atoms. The summed E-state index contributed by atoms with van der Waals surface area (Å²) in [4.78, 5) is 0. The van der Waals surface area contributed by atoms with Gasteiger partial charge in [-0.2, -0.15) is 0 Å². The first-order valence-corrected chi connectivity index (χ1v) is 8.65. The first-order chi connectivity index (χ1) is 10.7. The molecule has 2 aliphatic rings. The summed E-state index contributed by atoms with van der Waals surface area (Å²) in [5, 5.41) is 0. The van der Waals surface area contributed by atoms with Crippen molar-refractivity contribution in [2.24, 2.45) is 11.8 Å². The van der Waals surface area contributed by atoms with E-state index in [0.29, 0.717) is 11.7 Å². The standard InChI is InChI=1S/C19H26F2O/c1-22-19-11-8-16(12-18(19)21)15-4-2-13(3-5-15)14-6-9-17(20)10-7-14/h8,11-15,17H,2-7,9-10H2,1H3. The highest BCUT2D eigenvalue weighted by atomic mass is 19.1. The molecule has 0 atom stereocenters. The molecule has 2 fully saturated rings. The minimum atomic E-state index is -0.560. The van der Waals surface area contributed by atoms with Crippen LogP contribution in [0.15, 0.2) is 18.2 Å². The van der Waals surface area contributed by atoms with Crippen molar-refractivity contribution in [2.45, 2.75) is 63.5 Å². The molecule has 0 amide bonds. The van der Waals surface area contributed by atoms with Crippen molar-refractivity contribution >= 4 is 0 Å². The maximum Gasteiger partial charge on any atom is 0.165 e. The van der Waals surface area contributed by atoms with Gasteiger partial charge in [-0.05, 0) is 86.8 Å². The van der Waals surface area contributed by atoms with E-state index >= 15 is 0 Å². The lowest BCUT2D eigenvalue weighted by atomic mass is 9.69. The first-order valence-electron chi connectivity index (χ1n) is 8.65. The summed E-state index contributed by atoms with van der Waals surface area (Å²) in [5.41, 5.74) is 1.10. The zero-order valence-electron chi connectivity index (χ0n) is 13.4. The van der Waals surface area contributed by atoms with Gasteiger partial charge >= 0.3 is 0 Å². The highest BCUT2D eigenvalue weighted by molar-refractivity contribution is 5.31. The molecule has 0 aliphatic heterocycles. The number of benzene rings is 1. The number of hydrogen-bond acceptors (Lipinski definition) is 1. The van der Waals surface area contributed by atoms with E-state index in [1.54, 1.807) is 12.1 Å². The van der Waals surface area contributed by atoms with E-state index in [2.05, 4.69) is 0 Å². The molecule has 0 N–H and O–H groups in total. The van der Waals surface area contributed by atoms with E-state index < -0.39 is 6.17 Å². The van der Waals surface area contributed by atoms with E-state index in [1.165, 1.54) is 20.0 Å². The normalized spacial score (nSPS) is 32.7. The van der Waals surface area contributed by atoms with Crippen LogP contribution in [0.25, 0.3) is 0 Å². The van der Waals surface area contributed by atoms with E-state index in [1.807, 2.05) is 6.07 Å². The molecule has 0 heterocycles. The van der Waals surface area contributed by atoms with Crippen LogP contribution in [-0.4, -0.2) is 13.3 Å². The minimum Gasteiger partial charge on any atom is -0.494 e. The lowest BCUT2D eigenvalue weighted by molar-refractivity contribution is 0.138. The summed E-state index contributed by atoms with van der Waals surface area (Å²) in [6, 6.07) is 5.37. The molecule has 0 unspecified atom stereocenters. The Balaban J connectivity index is 1.56. The molecular weight excluding hydrogens is 282 g/mol. The molecule has 1 aromatic carbocycles. The second-order valence-corrected chi connectivity index (χ2v) is 7.02. The lowest BCUT2D eigenvalue weighted by Crippen LogP contribution is -2.25. The van der Waals surface area contributed by atoms with Gasteiger partial charge in [-0.1, -0.05) is 6.07 Å². The van der Waals surface area contributed by atoms with Gasteiger partial charge in [0.25, 0.3) is 0 Å². The van der Waals surface area contributed by atoms with Gasteiger partial charge in [-0.15, -0.1) is 0 Å². The third kappa shape index (κ3) is 3.44. The molecule has 0 bridgehead atoms. The molecule has 0 spiro atoms. The Kier molecular flexibility index (Phi) is 5.00. The minimum absolute atomic E-state index is 0.261. The molecule has 3 rings (SSSR count). The van der Waals surface area contributed by atoms with Crippen LogP contribution in [-0.2, 0) is 0 Å². The van der Waals surface area contributed by atoms with Gasteiger partial charge in [0.15, 0.2) is 11.6 Å². The van der Waals surface area contributed by atoms with E-state index in [-0.39, 0.29) is 5.82 Å². The second kappa shape index (κ2) is 6.97. The first kappa shape index (κ1) is 15.8. The molecule has 122 valence electrons. The number of alkyl halides is 1. The number of ether oxygens (including phenoxy) is 1. The highest BCUT2D eigenvalue weighted by Gasteiger charge is 2.31. The van der Waals surface area contributed by atoms with E-state index in [4.69, 9.17) is 4.74 Å². The quantitative estimate of drug-likeness (QED) is 0.702. The zero-order valence-corrected chi connectivity index (χ0v) is 13.4. The van der Waals surface area contributed by atoms with Crippen LogP contribution in [0.2, 0.25) is 0 Å². The largest absolute Gasteiger partial charge is 0.494 e. The van der Waals surface area contributed by atoms with Crippen molar-refractivity contribution in [3.63, 3.8) is 0 Å². The number of rotatable bonds is 3. The van der Waals surface area contributed by atoms with Crippen LogP contribution in [0.3, 0.4) is 0 Å². The number of hydrogen-bond donors (Lipinski definition) is 0. The smallest absolute Gasteiger partial charge is 0.165 e. The number of methoxy groups -OCH3 is 1. The molecule has 1 aromatic rings.